The number of methoxy groups -OCH3 is 1. The highest BCUT2D eigenvalue weighted by atomic mass is 16.5. The van der Waals surface area contributed by atoms with E-state index in [4.69, 9.17) is 9.47 Å². The van der Waals surface area contributed by atoms with E-state index in [1.165, 1.54) is 6.21 Å². The minimum Gasteiger partial charge on any atom is -0.506 e. The molecule has 1 aliphatic heterocycles. The number of benzene rings is 1. The molecular weight excluding hydrogens is 362 g/mol. The maximum absolute atomic E-state index is 12.6. The Morgan fingerprint density at radius 2 is 1.96 bits per heavy atom. The molecule has 1 aromatic carbocycles. The first-order valence-electron chi connectivity index (χ1n) is 9.14. The molecule has 0 bridgehead atoms. The van der Waals surface area contributed by atoms with Crippen LogP contribution in [-0.4, -0.2) is 49.1 Å². The molecule has 0 aliphatic carbocycles. The van der Waals surface area contributed by atoms with Gasteiger partial charge in [-0.15, -0.1) is 0 Å². The zero-order valence-corrected chi connectivity index (χ0v) is 15.9. The number of esters is 1. The highest BCUT2D eigenvalue weighted by Gasteiger charge is 2.27. The van der Waals surface area contributed by atoms with Crippen molar-refractivity contribution in [2.75, 3.05) is 31.7 Å². The second-order valence-corrected chi connectivity index (χ2v) is 6.31. The van der Waals surface area contributed by atoms with Gasteiger partial charge in [-0.1, -0.05) is 0 Å². The van der Waals surface area contributed by atoms with Crippen molar-refractivity contribution in [3.63, 3.8) is 0 Å². The Morgan fingerprint density at radius 3 is 2.57 bits per heavy atom. The lowest BCUT2D eigenvalue weighted by Crippen LogP contribution is -2.27. The first-order chi connectivity index (χ1) is 13.5. The van der Waals surface area contributed by atoms with Gasteiger partial charge in [-0.2, -0.15) is 0 Å². The number of hydrogen-bond acceptors (Lipinski definition) is 7. The van der Waals surface area contributed by atoms with Crippen LogP contribution < -0.4 is 15.2 Å². The van der Waals surface area contributed by atoms with Gasteiger partial charge in [-0.25, -0.2) is 4.79 Å². The molecule has 0 amide bonds. The van der Waals surface area contributed by atoms with Crippen LogP contribution in [0.4, 0.5) is 11.5 Å². The van der Waals surface area contributed by atoms with Crippen molar-refractivity contribution >= 4 is 23.7 Å². The van der Waals surface area contributed by atoms with E-state index in [-0.39, 0.29) is 17.7 Å². The molecule has 0 atom stereocenters. The van der Waals surface area contributed by atoms with Gasteiger partial charge in [0.25, 0.3) is 5.56 Å². The fourth-order valence-electron chi connectivity index (χ4n) is 3.09. The summed E-state index contributed by atoms with van der Waals surface area (Å²) in [5, 5.41) is 10.7. The van der Waals surface area contributed by atoms with Crippen molar-refractivity contribution in [1.29, 1.82) is 0 Å². The number of nitrogens with zero attached hydrogens (tertiary/aromatic N) is 2. The van der Waals surface area contributed by atoms with Crippen LogP contribution in [0.2, 0.25) is 0 Å². The summed E-state index contributed by atoms with van der Waals surface area (Å²) in [5.74, 6) is -0.141. The predicted octanol–water partition coefficient (Wildman–Crippen LogP) is 2.62. The molecule has 1 fully saturated rings. The Balaban J connectivity index is 2.03. The number of hydrogen-bond donors (Lipinski definition) is 2. The van der Waals surface area contributed by atoms with E-state index in [1.54, 1.807) is 38.3 Å². The van der Waals surface area contributed by atoms with Gasteiger partial charge in [-0.05, 0) is 44.0 Å². The first-order valence-corrected chi connectivity index (χ1v) is 9.14. The largest absolute Gasteiger partial charge is 0.506 e. The second-order valence-electron chi connectivity index (χ2n) is 6.31. The van der Waals surface area contributed by atoms with Crippen LogP contribution in [0.15, 0.2) is 34.1 Å². The summed E-state index contributed by atoms with van der Waals surface area (Å²) in [5.41, 5.74) is -0.0908. The van der Waals surface area contributed by atoms with E-state index >= 15 is 0 Å². The molecule has 1 saturated heterocycles. The number of H-pyrrole nitrogens is 1. The van der Waals surface area contributed by atoms with E-state index in [0.29, 0.717) is 30.3 Å². The summed E-state index contributed by atoms with van der Waals surface area (Å²) < 4.78 is 10.2. The normalized spacial score (nSPS) is 13.9. The number of anilines is 1. The van der Waals surface area contributed by atoms with Crippen molar-refractivity contribution < 1.29 is 19.4 Å². The number of nitrogens with one attached hydrogen (secondary N) is 1. The van der Waals surface area contributed by atoms with Gasteiger partial charge in [-0.3, -0.25) is 9.79 Å². The maximum atomic E-state index is 12.6. The lowest BCUT2D eigenvalue weighted by molar-refractivity contribution is 0.0523. The van der Waals surface area contributed by atoms with Crippen LogP contribution in [0.1, 0.15) is 35.7 Å². The van der Waals surface area contributed by atoms with Gasteiger partial charge in [0.1, 0.15) is 28.4 Å². The first kappa shape index (κ1) is 19.5. The Labute approximate surface area is 162 Å². The molecule has 28 heavy (non-hydrogen) atoms. The van der Waals surface area contributed by atoms with E-state index < -0.39 is 17.3 Å². The molecule has 2 heterocycles. The molecule has 1 aliphatic rings. The summed E-state index contributed by atoms with van der Waals surface area (Å²) in [6.07, 6.45) is 3.14. The van der Waals surface area contributed by atoms with E-state index in [1.807, 2.05) is 4.90 Å². The lowest BCUT2D eigenvalue weighted by Gasteiger charge is -2.21. The van der Waals surface area contributed by atoms with Crippen molar-refractivity contribution in [1.82, 2.24) is 4.98 Å². The van der Waals surface area contributed by atoms with Gasteiger partial charge in [0, 0.05) is 19.3 Å². The van der Waals surface area contributed by atoms with Crippen LogP contribution in [0.3, 0.4) is 0 Å². The number of pyridine rings is 1. The smallest absolute Gasteiger partial charge is 0.345 e. The molecule has 3 rings (SSSR count). The molecule has 0 saturated carbocycles. The summed E-state index contributed by atoms with van der Waals surface area (Å²) in [7, 11) is 1.56. The molecule has 0 unspecified atom stereocenters. The molecule has 0 spiro atoms. The van der Waals surface area contributed by atoms with Crippen LogP contribution in [0.25, 0.3) is 0 Å². The van der Waals surface area contributed by atoms with Crippen LogP contribution in [0, 0.1) is 0 Å². The van der Waals surface area contributed by atoms with Crippen LogP contribution >= 0.6 is 0 Å². The number of aromatic amines is 1. The SMILES string of the molecule is CCOC(=O)c1c(N2CCCC2)[nH]c(=O)c(C=Nc2ccc(OC)cc2)c1O. The van der Waals surface area contributed by atoms with Crippen LogP contribution in [0.5, 0.6) is 11.5 Å². The number of ether oxygens (including phenoxy) is 2. The number of carbonyl (C=O) groups is 1. The molecule has 0 radical (unpaired) electrons. The number of aromatic nitrogens is 1. The van der Waals surface area contributed by atoms with Crippen LogP contribution in [-0.2, 0) is 4.74 Å². The number of aromatic hydroxyl groups is 1. The van der Waals surface area contributed by atoms with Crippen molar-refractivity contribution in [3.05, 3.63) is 45.7 Å². The second kappa shape index (κ2) is 8.60. The molecule has 8 heteroatoms. The molecular formula is C20H23N3O5. The lowest BCUT2D eigenvalue weighted by atomic mass is 10.1. The fourth-order valence-corrected chi connectivity index (χ4v) is 3.09. The number of carbonyl (C=O) groups excluding carboxylic acids is 1. The van der Waals surface area contributed by atoms with E-state index in [9.17, 15) is 14.7 Å². The highest BCUT2D eigenvalue weighted by molar-refractivity contribution is 6.01. The average molecular weight is 385 g/mol. The molecule has 1 aromatic heterocycles. The standard InChI is InChI=1S/C20H23N3O5/c1-3-28-20(26)16-17(24)15(12-21-13-6-8-14(27-2)9-7-13)19(25)22-18(16)23-10-4-5-11-23/h6-9,12H,3-5,10-11H2,1-2H3,(H2,22,24,25). The van der Waals surface area contributed by atoms with Crippen molar-refractivity contribution in [3.8, 4) is 11.5 Å². The number of rotatable bonds is 6. The highest BCUT2D eigenvalue weighted by Crippen LogP contribution is 2.30. The van der Waals surface area contributed by atoms with Crippen molar-refractivity contribution in [2.24, 2.45) is 4.99 Å². The van der Waals surface area contributed by atoms with Gasteiger partial charge in [0.2, 0.25) is 0 Å². The van der Waals surface area contributed by atoms with Crippen molar-refractivity contribution in [2.45, 2.75) is 19.8 Å². The van der Waals surface area contributed by atoms with E-state index in [2.05, 4.69) is 9.98 Å². The van der Waals surface area contributed by atoms with Gasteiger partial charge >= 0.3 is 5.97 Å². The monoisotopic (exact) mass is 385 g/mol. The minimum absolute atomic E-state index is 0.0421. The zero-order valence-electron chi connectivity index (χ0n) is 15.9. The summed E-state index contributed by atoms with van der Waals surface area (Å²) >= 11 is 0. The predicted molar refractivity (Wildman–Crippen MR) is 106 cm³/mol. The quantitative estimate of drug-likeness (QED) is 0.585. The van der Waals surface area contributed by atoms with Gasteiger partial charge in [0.15, 0.2) is 0 Å². The Bertz CT molecular complexity index is 928. The summed E-state index contributed by atoms with van der Waals surface area (Å²) in [4.78, 5) is 33.8. The third-order valence-corrected chi connectivity index (χ3v) is 4.52. The molecule has 2 aromatic rings. The molecule has 8 nitrogen and oxygen atoms in total. The molecule has 2 N–H and O–H groups in total. The fraction of sp³-hybridized carbons (Fsp3) is 0.350. The zero-order chi connectivity index (χ0) is 20.1. The Hall–Kier alpha value is -3.29. The minimum atomic E-state index is -0.683. The molecule has 148 valence electrons. The van der Waals surface area contributed by atoms with Gasteiger partial charge < -0.3 is 24.5 Å². The summed E-state index contributed by atoms with van der Waals surface area (Å²) in [6.45, 7) is 3.23. The third-order valence-electron chi connectivity index (χ3n) is 4.52. The number of aliphatic imine (C=N–C) groups is 1. The van der Waals surface area contributed by atoms with E-state index in [0.717, 1.165) is 12.8 Å². The summed E-state index contributed by atoms with van der Waals surface area (Å²) in [6, 6.07) is 6.89. The average Bonchev–Trinajstić information content (AvgIpc) is 3.22. The third kappa shape index (κ3) is 4.00. The van der Waals surface area contributed by atoms with Gasteiger partial charge in [0.05, 0.1) is 19.4 Å². The Kier molecular flexibility index (Phi) is 5.98. The maximum Gasteiger partial charge on any atom is 0.345 e. The Morgan fingerprint density at radius 1 is 1.29 bits per heavy atom. The topological polar surface area (TPSA) is 104 Å².